The number of halogens is 2. The first-order valence-electron chi connectivity index (χ1n) is 5.76. The average molecular weight is 350 g/mol. The molecule has 4 rings (SSSR count). The first kappa shape index (κ1) is 10.3. The lowest BCUT2D eigenvalue weighted by Crippen LogP contribution is -2.39. The van der Waals surface area contributed by atoms with E-state index < -0.39 is 0 Å². The zero-order valence-electron chi connectivity index (χ0n) is 9.08. The Morgan fingerprint density at radius 2 is 1.76 bits per heavy atom. The second-order valence-electron chi connectivity index (χ2n) is 4.81. The number of rotatable bonds is 0. The molecule has 0 saturated carbocycles. The highest BCUT2D eigenvalue weighted by Crippen LogP contribution is 2.60. The molecule has 2 aliphatic rings. The van der Waals surface area contributed by atoms with Crippen LogP contribution < -0.4 is 0 Å². The Morgan fingerprint density at radius 3 is 2.65 bits per heavy atom. The van der Waals surface area contributed by atoms with Gasteiger partial charge in [0.05, 0.1) is 9.15 Å². The van der Waals surface area contributed by atoms with E-state index >= 15 is 0 Å². The molecule has 0 nitrogen and oxygen atoms in total. The smallest absolute Gasteiger partial charge is 0.0786 e. The summed E-state index contributed by atoms with van der Waals surface area (Å²) in [5, 5.41) is 0. The second kappa shape index (κ2) is 3.24. The van der Waals surface area contributed by atoms with Crippen molar-refractivity contribution in [2.24, 2.45) is 0 Å². The van der Waals surface area contributed by atoms with Crippen LogP contribution in [0.1, 0.15) is 32.6 Å². The van der Waals surface area contributed by atoms with Crippen molar-refractivity contribution < 1.29 is 0 Å². The molecule has 84 valence electrons. The zero-order chi connectivity index (χ0) is 11.6. The van der Waals surface area contributed by atoms with Crippen molar-refractivity contribution in [3.05, 3.63) is 70.3 Å². The molecule has 0 bridgehead atoms. The molecule has 0 aliphatic heterocycles. The van der Waals surface area contributed by atoms with Crippen LogP contribution in [0.2, 0.25) is 0 Å². The van der Waals surface area contributed by atoms with Crippen LogP contribution in [0.4, 0.5) is 0 Å². The fourth-order valence-electron chi connectivity index (χ4n) is 3.18. The van der Waals surface area contributed by atoms with Crippen LogP contribution in [0, 0.1) is 0 Å². The summed E-state index contributed by atoms with van der Waals surface area (Å²) in [6.07, 6.45) is 1.10. The summed E-state index contributed by atoms with van der Waals surface area (Å²) in [4.78, 5) is 0.333. The van der Waals surface area contributed by atoms with Crippen molar-refractivity contribution in [1.82, 2.24) is 0 Å². The zero-order valence-corrected chi connectivity index (χ0v) is 12.3. The lowest BCUT2D eigenvalue weighted by molar-refractivity contribution is 0.625. The molecule has 2 unspecified atom stereocenters. The van der Waals surface area contributed by atoms with Crippen molar-refractivity contribution in [3.8, 4) is 0 Å². The Hall–Kier alpha value is -0.600. The van der Waals surface area contributed by atoms with E-state index in [1.165, 1.54) is 27.8 Å². The molecule has 0 radical (unpaired) electrons. The summed E-state index contributed by atoms with van der Waals surface area (Å²) in [5.74, 6) is 0. The number of hydrogen-bond acceptors (Lipinski definition) is 0. The number of alkyl halides is 2. The van der Waals surface area contributed by atoms with Crippen LogP contribution in [0.3, 0.4) is 0 Å². The molecule has 0 aromatic heterocycles. The first-order chi connectivity index (χ1) is 8.22. The van der Waals surface area contributed by atoms with Gasteiger partial charge in [-0.1, -0.05) is 74.3 Å². The van der Waals surface area contributed by atoms with Gasteiger partial charge in [-0.25, -0.2) is 0 Å². The lowest BCUT2D eigenvalue weighted by atomic mass is 9.66. The molecule has 2 aliphatic carbocycles. The molecule has 0 fully saturated rings. The molecule has 2 aromatic rings. The minimum absolute atomic E-state index is 0.0692. The van der Waals surface area contributed by atoms with Gasteiger partial charge in [-0.3, -0.25) is 0 Å². The molecule has 0 amide bonds. The number of hydrogen-bond donors (Lipinski definition) is 0. The van der Waals surface area contributed by atoms with E-state index in [1.807, 2.05) is 0 Å². The minimum atomic E-state index is 0.0692. The normalized spacial score (nSPS) is 28.0. The topological polar surface area (TPSA) is 0 Å². The molecule has 0 N–H and O–H groups in total. The van der Waals surface area contributed by atoms with E-state index in [4.69, 9.17) is 0 Å². The van der Waals surface area contributed by atoms with Gasteiger partial charge in [0.1, 0.15) is 0 Å². The van der Waals surface area contributed by atoms with Crippen LogP contribution in [0.5, 0.6) is 0 Å². The standard InChI is InChI=1S/C15H10Br2/c16-14-10-5-1-2-7-12(10)15(17)8-9-4-3-6-11(14)13(9)15/h1-7,14H,8H2. The van der Waals surface area contributed by atoms with Gasteiger partial charge in [-0.15, -0.1) is 0 Å². The minimum Gasteiger partial charge on any atom is -0.0786 e. The van der Waals surface area contributed by atoms with Crippen molar-refractivity contribution in [2.45, 2.75) is 15.6 Å². The molecule has 0 heterocycles. The Kier molecular flexibility index (Phi) is 1.97. The van der Waals surface area contributed by atoms with Gasteiger partial charge in [0.2, 0.25) is 0 Å². The van der Waals surface area contributed by atoms with E-state index in [0.29, 0.717) is 4.83 Å². The third kappa shape index (κ3) is 1.13. The quantitative estimate of drug-likeness (QED) is 0.606. The fourth-order valence-corrected chi connectivity index (χ4v) is 5.11. The van der Waals surface area contributed by atoms with Crippen LogP contribution >= 0.6 is 31.9 Å². The predicted molar refractivity (Wildman–Crippen MR) is 77.1 cm³/mol. The number of benzene rings is 2. The maximum Gasteiger partial charge on any atom is 0.0803 e. The first-order valence-corrected chi connectivity index (χ1v) is 7.47. The summed E-state index contributed by atoms with van der Waals surface area (Å²) in [5.41, 5.74) is 7.21. The summed E-state index contributed by atoms with van der Waals surface area (Å²) in [6.45, 7) is 0. The third-order valence-corrected chi connectivity index (χ3v) is 6.04. The van der Waals surface area contributed by atoms with Crippen LogP contribution in [0.25, 0.3) is 0 Å². The third-order valence-electron chi connectivity index (χ3n) is 3.95. The van der Waals surface area contributed by atoms with Crippen molar-refractivity contribution in [3.63, 3.8) is 0 Å². The second-order valence-corrected chi connectivity index (χ2v) is 7.08. The monoisotopic (exact) mass is 348 g/mol. The fraction of sp³-hybridized carbons (Fsp3) is 0.200. The summed E-state index contributed by atoms with van der Waals surface area (Å²) in [6, 6.07) is 15.4. The van der Waals surface area contributed by atoms with Gasteiger partial charge in [0.15, 0.2) is 0 Å². The molecule has 0 spiro atoms. The van der Waals surface area contributed by atoms with Crippen LogP contribution in [0.15, 0.2) is 42.5 Å². The van der Waals surface area contributed by atoms with Crippen LogP contribution in [-0.2, 0) is 10.7 Å². The Bertz CT molecular complexity index is 633. The van der Waals surface area contributed by atoms with E-state index in [-0.39, 0.29) is 4.32 Å². The highest BCUT2D eigenvalue weighted by Gasteiger charge is 2.49. The van der Waals surface area contributed by atoms with Gasteiger partial charge in [0.25, 0.3) is 0 Å². The van der Waals surface area contributed by atoms with Gasteiger partial charge < -0.3 is 0 Å². The molecular formula is C15H10Br2. The van der Waals surface area contributed by atoms with E-state index in [9.17, 15) is 0 Å². The van der Waals surface area contributed by atoms with Gasteiger partial charge in [0, 0.05) is 0 Å². The highest BCUT2D eigenvalue weighted by atomic mass is 79.9. The van der Waals surface area contributed by atoms with E-state index in [1.54, 1.807) is 0 Å². The largest absolute Gasteiger partial charge is 0.0803 e. The molecule has 2 aromatic carbocycles. The molecule has 17 heavy (non-hydrogen) atoms. The van der Waals surface area contributed by atoms with Crippen molar-refractivity contribution >= 4 is 31.9 Å². The Balaban J connectivity index is 2.09. The molecule has 0 saturated heterocycles. The summed E-state index contributed by atoms with van der Waals surface area (Å²) >= 11 is 7.82. The van der Waals surface area contributed by atoms with E-state index in [0.717, 1.165) is 6.42 Å². The lowest BCUT2D eigenvalue weighted by Gasteiger charge is -2.47. The maximum atomic E-state index is 3.97. The van der Waals surface area contributed by atoms with Gasteiger partial charge in [-0.05, 0) is 34.2 Å². The molecule has 2 atom stereocenters. The number of fused-ring (bicyclic) bond motifs is 2. The Morgan fingerprint density at radius 1 is 1.00 bits per heavy atom. The van der Waals surface area contributed by atoms with Crippen LogP contribution in [-0.4, -0.2) is 0 Å². The maximum absolute atomic E-state index is 3.97. The molecular weight excluding hydrogens is 340 g/mol. The summed E-state index contributed by atoms with van der Waals surface area (Å²) in [7, 11) is 0. The van der Waals surface area contributed by atoms with E-state index in [2.05, 4.69) is 74.3 Å². The SMILES string of the molecule is BrC1c2ccccc2C2(Br)Cc3cccc1c32. The molecule has 2 heteroatoms. The van der Waals surface area contributed by atoms with Gasteiger partial charge >= 0.3 is 0 Å². The average Bonchev–Trinajstić information content (AvgIpc) is 2.35. The predicted octanol–water partition coefficient (Wildman–Crippen LogP) is 4.68. The van der Waals surface area contributed by atoms with Crippen molar-refractivity contribution in [2.75, 3.05) is 0 Å². The summed E-state index contributed by atoms with van der Waals surface area (Å²) < 4.78 is 0.0692. The van der Waals surface area contributed by atoms with Gasteiger partial charge in [-0.2, -0.15) is 0 Å². The van der Waals surface area contributed by atoms with Crippen molar-refractivity contribution in [1.29, 1.82) is 0 Å². The highest BCUT2D eigenvalue weighted by molar-refractivity contribution is 9.10. The Labute approximate surface area is 117 Å².